The van der Waals surface area contributed by atoms with Crippen LogP contribution < -0.4 is 16.4 Å². The van der Waals surface area contributed by atoms with E-state index >= 15 is 0 Å². The quantitative estimate of drug-likeness (QED) is 0.149. The summed E-state index contributed by atoms with van der Waals surface area (Å²) in [6.07, 6.45) is 11.2. The number of nitrogen functional groups attached to an aromatic ring is 1. The zero-order valence-electron chi connectivity index (χ0n) is 27.2. The van der Waals surface area contributed by atoms with Crippen LogP contribution in [-0.2, 0) is 9.59 Å². The van der Waals surface area contributed by atoms with Crippen molar-refractivity contribution in [1.29, 1.82) is 5.41 Å². The molecule has 0 aromatic heterocycles. The van der Waals surface area contributed by atoms with Crippen molar-refractivity contribution < 1.29 is 9.59 Å². The average Bonchev–Trinajstić information content (AvgIpc) is 3.68. The minimum absolute atomic E-state index is 0.0705. The summed E-state index contributed by atoms with van der Waals surface area (Å²) in [6.45, 7) is 3.35. The summed E-state index contributed by atoms with van der Waals surface area (Å²) in [4.78, 5) is 41.0. The fourth-order valence-electron chi connectivity index (χ4n) is 6.85. The second kappa shape index (κ2) is 13.7. The van der Waals surface area contributed by atoms with Crippen LogP contribution in [0.3, 0.4) is 0 Å². The smallest absolute Gasteiger partial charge is 0.237 e. The molecule has 5 N–H and O–H groups in total. The van der Waals surface area contributed by atoms with E-state index in [0.29, 0.717) is 61.9 Å². The Morgan fingerprint density at radius 2 is 1.77 bits per heavy atom. The zero-order valence-corrected chi connectivity index (χ0v) is 27.2. The van der Waals surface area contributed by atoms with Crippen LogP contribution in [0.2, 0.25) is 0 Å². The van der Waals surface area contributed by atoms with E-state index in [1.54, 1.807) is 25.2 Å². The summed E-state index contributed by atoms with van der Waals surface area (Å²) in [5.74, 6) is 3.16. The van der Waals surface area contributed by atoms with Crippen LogP contribution in [0.5, 0.6) is 0 Å². The number of nitrogens with zero attached hydrogens (tertiary/aromatic N) is 5. The molecule has 10 nitrogen and oxygen atoms in total. The molecule has 0 unspecified atom stereocenters. The number of rotatable bonds is 8. The predicted octanol–water partition coefficient (Wildman–Crippen LogP) is 3.77. The lowest BCUT2D eigenvalue weighted by Gasteiger charge is -2.29. The number of hydrogen-bond donors (Lipinski definition) is 3. The lowest BCUT2D eigenvalue weighted by Crippen LogP contribution is -2.43. The fourth-order valence-corrected chi connectivity index (χ4v) is 6.85. The Morgan fingerprint density at radius 1 is 1.04 bits per heavy atom. The number of aliphatic imine (C=N–C) groups is 2. The first-order valence-corrected chi connectivity index (χ1v) is 16.1. The number of anilines is 2. The first kappa shape index (κ1) is 32.4. The number of amides is 2. The molecular formula is C38H40N8O2. The zero-order chi connectivity index (χ0) is 33.8. The van der Waals surface area contributed by atoms with E-state index < -0.39 is 5.41 Å². The standard InChI is InChI=1S/C38H40N8O2/c1-3-26-4-6-29(7-5-26)35(40)32-22-31(12-13-33(32)39)46-21-17-38(37(46)48)16-20-44(24-38)23-34(47)45-18-14-28(15-19-45)27-8-10-30(11-9-27)36(41)43-25-42-2/h1,4-14,22,25,40H,15-21,23-24,39H2,2H3,(H2,41,42,43)/t38-/m0/s1. The van der Waals surface area contributed by atoms with Gasteiger partial charge in [0.1, 0.15) is 12.2 Å². The highest BCUT2D eigenvalue weighted by Crippen LogP contribution is 2.43. The maximum Gasteiger partial charge on any atom is 0.237 e. The molecule has 48 heavy (non-hydrogen) atoms. The number of benzene rings is 3. The van der Waals surface area contributed by atoms with Crippen molar-refractivity contribution in [3.8, 4) is 12.3 Å². The molecule has 3 heterocycles. The molecule has 3 aliphatic rings. The van der Waals surface area contributed by atoms with Gasteiger partial charge in [-0.2, -0.15) is 0 Å². The van der Waals surface area contributed by atoms with Gasteiger partial charge < -0.3 is 21.3 Å². The number of carbonyl (C=O) groups excluding carboxylic acids is 2. The lowest BCUT2D eigenvalue weighted by molar-refractivity contribution is -0.132. The van der Waals surface area contributed by atoms with Crippen molar-refractivity contribution in [2.75, 3.05) is 56.9 Å². The molecule has 2 saturated heterocycles. The van der Waals surface area contributed by atoms with Gasteiger partial charge in [-0.15, -0.1) is 6.42 Å². The molecule has 2 amide bonds. The molecule has 3 aromatic carbocycles. The van der Waals surface area contributed by atoms with Crippen molar-refractivity contribution in [1.82, 2.24) is 9.80 Å². The number of amidine groups is 1. The summed E-state index contributed by atoms with van der Waals surface area (Å²) < 4.78 is 0. The number of nitrogens with two attached hydrogens (primary N) is 2. The summed E-state index contributed by atoms with van der Waals surface area (Å²) in [6, 6.07) is 20.6. The number of likely N-dealkylation sites (tertiary alicyclic amines) is 1. The Balaban J connectivity index is 1.05. The SMILES string of the molecule is C#Cc1ccc(C(=N)c2cc(N3CC[C@]4(CCN(CC(=O)N5CC=C(c6ccc(C(N)=NC=NC)cc6)CC5)C4)C3=O)ccc2N)cc1. The molecule has 1 spiro atoms. The van der Waals surface area contributed by atoms with Crippen LogP contribution in [0.25, 0.3) is 5.57 Å². The predicted molar refractivity (Wildman–Crippen MR) is 192 cm³/mol. The highest BCUT2D eigenvalue weighted by atomic mass is 16.2. The second-order valence-corrected chi connectivity index (χ2v) is 12.6. The van der Waals surface area contributed by atoms with Gasteiger partial charge in [-0.25, -0.2) is 4.99 Å². The van der Waals surface area contributed by atoms with Crippen molar-refractivity contribution in [2.24, 2.45) is 21.1 Å². The molecule has 3 aromatic rings. The third-order valence-corrected chi connectivity index (χ3v) is 9.69. The molecule has 10 heteroatoms. The molecule has 3 aliphatic heterocycles. The third-order valence-electron chi connectivity index (χ3n) is 9.69. The Kier molecular flexibility index (Phi) is 9.24. The van der Waals surface area contributed by atoms with E-state index in [4.69, 9.17) is 23.3 Å². The van der Waals surface area contributed by atoms with Crippen LogP contribution in [0.1, 0.15) is 47.1 Å². The Bertz CT molecular complexity index is 1870. The highest BCUT2D eigenvalue weighted by molar-refractivity contribution is 6.15. The van der Waals surface area contributed by atoms with Crippen LogP contribution in [0, 0.1) is 23.2 Å². The molecule has 1 atom stereocenters. The van der Waals surface area contributed by atoms with E-state index in [0.717, 1.165) is 41.6 Å². The van der Waals surface area contributed by atoms with Gasteiger partial charge in [-0.1, -0.05) is 48.4 Å². The number of nitrogens with one attached hydrogen (secondary N) is 1. The van der Waals surface area contributed by atoms with Crippen LogP contribution in [0.15, 0.2) is 82.8 Å². The highest BCUT2D eigenvalue weighted by Gasteiger charge is 2.51. The van der Waals surface area contributed by atoms with Gasteiger partial charge in [0, 0.05) is 66.9 Å². The normalized spacial score (nSPS) is 20.0. The number of terminal acetylenes is 1. The van der Waals surface area contributed by atoms with Gasteiger partial charge in [0.05, 0.1) is 17.7 Å². The third kappa shape index (κ3) is 6.50. The van der Waals surface area contributed by atoms with Crippen molar-refractivity contribution in [2.45, 2.75) is 19.3 Å². The fraction of sp³-hybridized carbons (Fsp3) is 0.289. The number of hydrogen-bond acceptors (Lipinski definition) is 6. The maximum atomic E-state index is 13.9. The Labute approximate surface area is 281 Å². The van der Waals surface area contributed by atoms with Crippen LogP contribution >= 0.6 is 0 Å². The van der Waals surface area contributed by atoms with Gasteiger partial charge >= 0.3 is 0 Å². The van der Waals surface area contributed by atoms with Gasteiger partial charge in [0.2, 0.25) is 11.8 Å². The Hall–Kier alpha value is -5.53. The maximum absolute atomic E-state index is 13.9. The first-order valence-electron chi connectivity index (χ1n) is 16.1. The van der Waals surface area contributed by atoms with E-state index in [2.05, 4.69) is 26.9 Å². The molecule has 2 fully saturated rings. The number of carbonyl (C=O) groups is 2. The van der Waals surface area contributed by atoms with Crippen molar-refractivity contribution in [3.05, 3.63) is 101 Å². The van der Waals surface area contributed by atoms with E-state index in [1.807, 2.05) is 58.3 Å². The van der Waals surface area contributed by atoms with Gasteiger partial charge in [-0.3, -0.25) is 24.9 Å². The molecule has 6 rings (SSSR count). The lowest BCUT2D eigenvalue weighted by atomic mass is 9.85. The topological polar surface area (TPSA) is 144 Å². The molecule has 0 aliphatic carbocycles. The molecule has 0 saturated carbocycles. The molecular weight excluding hydrogens is 600 g/mol. The largest absolute Gasteiger partial charge is 0.398 e. The van der Waals surface area contributed by atoms with E-state index in [-0.39, 0.29) is 17.5 Å². The molecule has 0 radical (unpaired) electrons. The van der Waals surface area contributed by atoms with E-state index in [1.165, 1.54) is 11.9 Å². The Morgan fingerprint density at radius 3 is 2.46 bits per heavy atom. The summed E-state index contributed by atoms with van der Waals surface area (Å²) in [7, 11) is 1.65. The molecule has 244 valence electrons. The van der Waals surface area contributed by atoms with E-state index in [9.17, 15) is 9.59 Å². The van der Waals surface area contributed by atoms with Gasteiger partial charge in [0.25, 0.3) is 0 Å². The molecule has 0 bridgehead atoms. The van der Waals surface area contributed by atoms with Crippen molar-refractivity contribution >= 4 is 46.6 Å². The average molecular weight is 641 g/mol. The minimum atomic E-state index is -0.515. The van der Waals surface area contributed by atoms with Gasteiger partial charge in [-0.05, 0) is 67.3 Å². The summed E-state index contributed by atoms with van der Waals surface area (Å²) in [5, 5.41) is 8.80. The summed E-state index contributed by atoms with van der Waals surface area (Å²) in [5.41, 5.74) is 18.4. The second-order valence-electron chi connectivity index (χ2n) is 12.6. The minimum Gasteiger partial charge on any atom is -0.398 e. The first-order chi connectivity index (χ1) is 23.2. The summed E-state index contributed by atoms with van der Waals surface area (Å²) >= 11 is 0. The van der Waals surface area contributed by atoms with Crippen LogP contribution in [0.4, 0.5) is 11.4 Å². The monoisotopic (exact) mass is 640 g/mol. The van der Waals surface area contributed by atoms with Gasteiger partial charge in [0.15, 0.2) is 0 Å². The van der Waals surface area contributed by atoms with Crippen LogP contribution in [-0.4, -0.2) is 85.8 Å². The van der Waals surface area contributed by atoms with Crippen molar-refractivity contribution in [3.63, 3.8) is 0 Å².